The lowest BCUT2D eigenvalue weighted by molar-refractivity contribution is 0.0661. The van der Waals surface area contributed by atoms with Crippen molar-refractivity contribution in [2.24, 2.45) is 5.73 Å². The van der Waals surface area contributed by atoms with E-state index in [0.717, 1.165) is 24.4 Å². The zero-order valence-electron chi connectivity index (χ0n) is 13.4. The maximum Gasteiger partial charge on any atom is 0.119 e. The number of hydrogen-bond donors (Lipinski definition) is 1. The average molecular weight is 296 g/mol. The molecule has 0 radical (unpaired) electrons. The Labute approximate surface area is 128 Å². The molecule has 5 nitrogen and oxygen atoms in total. The van der Waals surface area contributed by atoms with E-state index in [2.05, 4.69) is 11.8 Å². The van der Waals surface area contributed by atoms with E-state index in [-0.39, 0.29) is 0 Å². The van der Waals surface area contributed by atoms with Crippen LogP contribution in [0, 0.1) is 0 Å². The minimum Gasteiger partial charge on any atom is -0.492 e. The summed E-state index contributed by atoms with van der Waals surface area (Å²) in [6.45, 7) is 6.46. The fourth-order valence-corrected chi connectivity index (χ4v) is 2.11. The number of methoxy groups -OCH3 is 2. The molecule has 1 unspecified atom stereocenters. The van der Waals surface area contributed by atoms with Gasteiger partial charge in [0.25, 0.3) is 0 Å². The lowest BCUT2D eigenvalue weighted by Gasteiger charge is -2.28. The number of rotatable bonds is 11. The Bertz CT molecular complexity index is 370. The van der Waals surface area contributed by atoms with Gasteiger partial charge in [-0.2, -0.15) is 0 Å². The maximum absolute atomic E-state index is 5.78. The zero-order chi connectivity index (χ0) is 15.5. The Balaban J connectivity index is 2.40. The van der Waals surface area contributed by atoms with Crippen LogP contribution in [0.1, 0.15) is 12.5 Å². The molecule has 0 amide bonds. The molecule has 0 aliphatic rings. The van der Waals surface area contributed by atoms with Crippen LogP contribution in [0.25, 0.3) is 0 Å². The molecule has 1 aromatic rings. The van der Waals surface area contributed by atoms with E-state index in [4.69, 9.17) is 19.9 Å². The lowest BCUT2D eigenvalue weighted by Crippen LogP contribution is -2.41. The highest BCUT2D eigenvalue weighted by Gasteiger charge is 2.13. The highest BCUT2D eigenvalue weighted by Crippen LogP contribution is 2.12. The number of benzene rings is 1. The summed E-state index contributed by atoms with van der Waals surface area (Å²) < 4.78 is 16.2. The van der Waals surface area contributed by atoms with Crippen LogP contribution in [-0.2, 0) is 16.0 Å². The van der Waals surface area contributed by atoms with Gasteiger partial charge in [-0.1, -0.05) is 12.1 Å². The standard InChI is InChI=1S/C16H28N2O3/c1-14(13-20-3)18(8-10-19-2)9-11-21-16-6-4-15(12-17)5-7-16/h4-7,14H,8-13,17H2,1-3H3. The number of ether oxygens (including phenoxy) is 3. The van der Waals surface area contributed by atoms with Crippen molar-refractivity contribution < 1.29 is 14.2 Å². The summed E-state index contributed by atoms with van der Waals surface area (Å²) in [5, 5.41) is 0. The van der Waals surface area contributed by atoms with Gasteiger partial charge in [0.1, 0.15) is 12.4 Å². The first kappa shape index (κ1) is 17.9. The summed E-state index contributed by atoms with van der Waals surface area (Å²) in [6.07, 6.45) is 0. The van der Waals surface area contributed by atoms with E-state index in [9.17, 15) is 0 Å². The largest absolute Gasteiger partial charge is 0.492 e. The SMILES string of the molecule is COCCN(CCOc1ccc(CN)cc1)C(C)COC. The van der Waals surface area contributed by atoms with Crippen molar-refractivity contribution in [1.29, 1.82) is 0 Å². The zero-order valence-corrected chi connectivity index (χ0v) is 13.4. The Kier molecular flexibility index (Phi) is 9.01. The molecule has 2 N–H and O–H groups in total. The quantitative estimate of drug-likeness (QED) is 0.671. The van der Waals surface area contributed by atoms with Crippen LogP contribution in [0.3, 0.4) is 0 Å². The molecule has 0 saturated carbocycles. The molecule has 0 aromatic heterocycles. The Morgan fingerprint density at radius 1 is 1.05 bits per heavy atom. The average Bonchev–Trinajstić information content (AvgIpc) is 2.51. The van der Waals surface area contributed by atoms with Crippen molar-refractivity contribution in [2.75, 3.05) is 47.1 Å². The van der Waals surface area contributed by atoms with Crippen LogP contribution in [0.2, 0.25) is 0 Å². The molecule has 1 aromatic carbocycles. The summed E-state index contributed by atoms with van der Waals surface area (Å²) in [4.78, 5) is 2.31. The van der Waals surface area contributed by atoms with E-state index in [1.165, 1.54) is 0 Å². The van der Waals surface area contributed by atoms with E-state index < -0.39 is 0 Å². The highest BCUT2D eigenvalue weighted by atomic mass is 16.5. The summed E-state index contributed by atoms with van der Waals surface area (Å²) in [6, 6.07) is 8.24. The predicted octanol–water partition coefficient (Wildman–Crippen LogP) is 1.51. The molecule has 0 heterocycles. The van der Waals surface area contributed by atoms with Crippen LogP contribution in [-0.4, -0.2) is 58.1 Å². The molecule has 0 aliphatic carbocycles. The van der Waals surface area contributed by atoms with Crippen LogP contribution >= 0.6 is 0 Å². The van der Waals surface area contributed by atoms with Crippen LogP contribution < -0.4 is 10.5 Å². The Morgan fingerprint density at radius 3 is 2.29 bits per heavy atom. The molecule has 1 atom stereocenters. The molecule has 1 rings (SSSR count). The van der Waals surface area contributed by atoms with E-state index in [1.54, 1.807) is 14.2 Å². The topological polar surface area (TPSA) is 57.0 Å². The molecule has 0 saturated heterocycles. The molecule has 120 valence electrons. The van der Waals surface area contributed by atoms with Gasteiger partial charge in [-0.15, -0.1) is 0 Å². The lowest BCUT2D eigenvalue weighted by atomic mass is 10.2. The number of hydrogen-bond acceptors (Lipinski definition) is 5. The van der Waals surface area contributed by atoms with E-state index in [0.29, 0.717) is 32.4 Å². The molecular weight excluding hydrogens is 268 g/mol. The number of nitrogens with two attached hydrogens (primary N) is 1. The van der Waals surface area contributed by atoms with Gasteiger partial charge < -0.3 is 19.9 Å². The van der Waals surface area contributed by atoms with Crippen molar-refractivity contribution in [1.82, 2.24) is 4.90 Å². The smallest absolute Gasteiger partial charge is 0.119 e. The molecular formula is C16H28N2O3. The fourth-order valence-electron chi connectivity index (χ4n) is 2.11. The molecule has 21 heavy (non-hydrogen) atoms. The van der Waals surface area contributed by atoms with Crippen molar-refractivity contribution >= 4 is 0 Å². The van der Waals surface area contributed by atoms with Crippen molar-refractivity contribution in [3.8, 4) is 5.75 Å². The highest BCUT2D eigenvalue weighted by molar-refractivity contribution is 5.27. The van der Waals surface area contributed by atoms with Gasteiger partial charge in [-0.3, -0.25) is 4.90 Å². The van der Waals surface area contributed by atoms with Crippen LogP contribution in [0.15, 0.2) is 24.3 Å². The van der Waals surface area contributed by atoms with E-state index >= 15 is 0 Å². The fraction of sp³-hybridized carbons (Fsp3) is 0.625. The third-order valence-corrected chi connectivity index (χ3v) is 3.42. The van der Waals surface area contributed by atoms with Crippen LogP contribution in [0.5, 0.6) is 5.75 Å². The molecule has 0 bridgehead atoms. The second kappa shape index (κ2) is 10.6. The van der Waals surface area contributed by atoms with Gasteiger partial charge in [0.15, 0.2) is 0 Å². The Hall–Kier alpha value is -1.14. The minimum absolute atomic E-state index is 0.341. The van der Waals surface area contributed by atoms with Gasteiger partial charge in [0.2, 0.25) is 0 Å². The minimum atomic E-state index is 0.341. The van der Waals surface area contributed by atoms with Gasteiger partial charge in [-0.05, 0) is 24.6 Å². The predicted molar refractivity (Wildman–Crippen MR) is 84.6 cm³/mol. The van der Waals surface area contributed by atoms with Gasteiger partial charge >= 0.3 is 0 Å². The maximum atomic E-state index is 5.78. The normalized spacial score (nSPS) is 12.6. The molecule has 5 heteroatoms. The molecule has 0 spiro atoms. The summed E-state index contributed by atoms with van der Waals surface area (Å²) in [5.74, 6) is 0.873. The van der Waals surface area contributed by atoms with Crippen LogP contribution in [0.4, 0.5) is 0 Å². The van der Waals surface area contributed by atoms with Crippen molar-refractivity contribution in [3.63, 3.8) is 0 Å². The third kappa shape index (κ3) is 6.91. The molecule has 0 fully saturated rings. The monoisotopic (exact) mass is 296 g/mol. The van der Waals surface area contributed by atoms with Gasteiger partial charge in [-0.25, -0.2) is 0 Å². The Morgan fingerprint density at radius 2 is 1.71 bits per heavy atom. The second-order valence-electron chi connectivity index (χ2n) is 5.03. The van der Waals surface area contributed by atoms with E-state index in [1.807, 2.05) is 24.3 Å². The first-order chi connectivity index (χ1) is 10.2. The van der Waals surface area contributed by atoms with Crippen molar-refractivity contribution in [2.45, 2.75) is 19.5 Å². The summed E-state index contributed by atoms with van der Waals surface area (Å²) >= 11 is 0. The van der Waals surface area contributed by atoms with Crippen molar-refractivity contribution in [3.05, 3.63) is 29.8 Å². The van der Waals surface area contributed by atoms with Gasteiger partial charge in [0, 0.05) is 39.9 Å². The third-order valence-electron chi connectivity index (χ3n) is 3.42. The number of nitrogens with zero attached hydrogens (tertiary/aromatic N) is 1. The van der Waals surface area contributed by atoms with Gasteiger partial charge in [0.05, 0.1) is 13.2 Å². The second-order valence-corrected chi connectivity index (χ2v) is 5.03. The first-order valence-electron chi connectivity index (χ1n) is 7.35. The summed E-state index contributed by atoms with van der Waals surface area (Å²) in [7, 11) is 3.44. The first-order valence-corrected chi connectivity index (χ1v) is 7.35. The summed E-state index contributed by atoms with van der Waals surface area (Å²) in [5.41, 5.74) is 6.69. The molecule has 0 aliphatic heterocycles.